The van der Waals surface area contributed by atoms with E-state index >= 15 is 0 Å². The van der Waals surface area contributed by atoms with Gasteiger partial charge in [0.05, 0.1) is 0 Å². The quantitative estimate of drug-likeness (QED) is 0.632. The SMILES string of the molecule is O=CC1CCC2C(C=O)CCCC2C1. The largest absolute Gasteiger partial charge is 0.303 e. The summed E-state index contributed by atoms with van der Waals surface area (Å²) in [5.41, 5.74) is 0. The van der Waals surface area contributed by atoms with Gasteiger partial charge in [-0.15, -0.1) is 0 Å². The monoisotopic (exact) mass is 194 g/mol. The van der Waals surface area contributed by atoms with Crippen molar-refractivity contribution in [1.29, 1.82) is 0 Å². The molecule has 0 amide bonds. The van der Waals surface area contributed by atoms with Crippen LogP contribution in [-0.2, 0) is 9.59 Å². The van der Waals surface area contributed by atoms with Gasteiger partial charge in [-0.25, -0.2) is 0 Å². The van der Waals surface area contributed by atoms with Gasteiger partial charge >= 0.3 is 0 Å². The zero-order chi connectivity index (χ0) is 9.97. The molecule has 0 aromatic carbocycles. The number of hydrogen-bond acceptors (Lipinski definition) is 2. The molecule has 14 heavy (non-hydrogen) atoms. The third-order valence-corrected chi connectivity index (χ3v) is 4.11. The Morgan fingerprint density at radius 1 is 0.929 bits per heavy atom. The molecule has 0 radical (unpaired) electrons. The van der Waals surface area contributed by atoms with Gasteiger partial charge in [-0.1, -0.05) is 12.8 Å². The number of aldehydes is 2. The van der Waals surface area contributed by atoms with Crippen LogP contribution in [-0.4, -0.2) is 12.6 Å². The first-order valence-corrected chi connectivity index (χ1v) is 5.75. The molecule has 2 saturated carbocycles. The molecule has 0 heterocycles. The maximum absolute atomic E-state index is 10.9. The Labute approximate surface area is 85.1 Å². The van der Waals surface area contributed by atoms with Crippen molar-refractivity contribution in [3.8, 4) is 0 Å². The van der Waals surface area contributed by atoms with Crippen molar-refractivity contribution in [2.75, 3.05) is 0 Å². The van der Waals surface area contributed by atoms with Crippen molar-refractivity contribution in [2.45, 2.75) is 38.5 Å². The van der Waals surface area contributed by atoms with Crippen molar-refractivity contribution >= 4 is 12.6 Å². The number of rotatable bonds is 2. The van der Waals surface area contributed by atoms with Gasteiger partial charge in [0.15, 0.2) is 0 Å². The van der Waals surface area contributed by atoms with E-state index in [1.54, 1.807) is 0 Å². The smallest absolute Gasteiger partial charge is 0.123 e. The Morgan fingerprint density at radius 3 is 2.50 bits per heavy atom. The van der Waals surface area contributed by atoms with Gasteiger partial charge in [0.2, 0.25) is 0 Å². The average Bonchev–Trinajstić information content (AvgIpc) is 2.27. The summed E-state index contributed by atoms with van der Waals surface area (Å²) in [6.07, 6.45) is 8.90. The third kappa shape index (κ3) is 1.75. The molecule has 2 heteroatoms. The van der Waals surface area contributed by atoms with E-state index in [-0.39, 0.29) is 5.92 Å². The fourth-order valence-electron chi connectivity index (χ4n) is 3.34. The zero-order valence-corrected chi connectivity index (χ0v) is 8.52. The second-order valence-corrected chi connectivity index (χ2v) is 4.86. The molecule has 0 saturated heterocycles. The van der Waals surface area contributed by atoms with E-state index in [1.165, 1.54) is 12.8 Å². The molecule has 2 fully saturated rings. The van der Waals surface area contributed by atoms with Crippen molar-refractivity contribution in [2.24, 2.45) is 23.7 Å². The van der Waals surface area contributed by atoms with Gasteiger partial charge in [0.1, 0.15) is 12.6 Å². The molecule has 0 bridgehead atoms. The van der Waals surface area contributed by atoms with Gasteiger partial charge in [0, 0.05) is 11.8 Å². The van der Waals surface area contributed by atoms with E-state index in [0.717, 1.165) is 38.3 Å². The fourth-order valence-corrected chi connectivity index (χ4v) is 3.34. The zero-order valence-electron chi connectivity index (χ0n) is 8.52. The molecule has 2 aliphatic rings. The van der Waals surface area contributed by atoms with E-state index in [1.807, 2.05) is 0 Å². The van der Waals surface area contributed by atoms with Crippen molar-refractivity contribution in [1.82, 2.24) is 0 Å². The standard InChI is InChI=1S/C12H18O2/c13-7-9-4-5-12-10(6-9)2-1-3-11(12)8-14/h7-12H,1-6H2. The van der Waals surface area contributed by atoms with E-state index in [2.05, 4.69) is 0 Å². The summed E-state index contributed by atoms with van der Waals surface area (Å²) in [7, 11) is 0. The number of hydrogen-bond donors (Lipinski definition) is 0. The van der Waals surface area contributed by atoms with Gasteiger partial charge in [-0.3, -0.25) is 0 Å². The summed E-state index contributed by atoms with van der Waals surface area (Å²) in [5, 5.41) is 0. The van der Waals surface area contributed by atoms with Crippen LogP contribution >= 0.6 is 0 Å². The Bertz CT molecular complexity index is 224. The highest BCUT2D eigenvalue weighted by Crippen LogP contribution is 2.44. The predicted molar refractivity (Wildman–Crippen MR) is 53.8 cm³/mol. The van der Waals surface area contributed by atoms with Crippen LogP contribution in [0.25, 0.3) is 0 Å². The van der Waals surface area contributed by atoms with Crippen LogP contribution in [0.1, 0.15) is 38.5 Å². The topological polar surface area (TPSA) is 34.1 Å². The Balaban J connectivity index is 2.02. The van der Waals surface area contributed by atoms with Crippen LogP contribution in [0.2, 0.25) is 0 Å². The predicted octanol–water partition coefficient (Wildman–Crippen LogP) is 2.22. The summed E-state index contributed by atoms with van der Waals surface area (Å²) < 4.78 is 0. The van der Waals surface area contributed by atoms with Crippen LogP contribution in [0.15, 0.2) is 0 Å². The van der Waals surface area contributed by atoms with Gasteiger partial charge in [0.25, 0.3) is 0 Å². The van der Waals surface area contributed by atoms with Crippen LogP contribution in [0.4, 0.5) is 0 Å². The lowest BCUT2D eigenvalue weighted by Gasteiger charge is -2.40. The lowest BCUT2D eigenvalue weighted by molar-refractivity contribution is -0.117. The molecule has 0 aromatic rings. The van der Waals surface area contributed by atoms with Crippen LogP contribution in [0, 0.1) is 23.7 Å². The summed E-state index contributed by atoms with van der Waals surface area (Å²) in [4.78, 5) is 21.6. The maximum Gasteiger partial charge on any atom is 0.123 e. The molecule has 4 atom stereocenters. The van der Waals surface area contributed by atoms with E-state index in [4.69, 9.17) is 0 Å². The minimum Gasteiger partial charge on any atom is -0.303 e. The summed E-state index contributed by atoms with van der Waals surface area (Å²) in [6.45, 7) is 0. The highest BCUT2D eigenvalue weighted by molar-refractivity contribution is 5.56. The molecule has 78 valence electrons. The molecule has 0 aliphatic heterocycles. The minimum atomic E-state index is 0.279. The lowest BCUT2D eigenvalue weighted by atomic mass is 9.64. The first-order valence-electron chi connectivity index (χ1n) is 5.75. The lowest BCUT2D eigenvalue weighted by Crippen LogP contribution is -2.34. The molecular weight excluding hydrogens is 176 g/mol. The van der Waals surface area contributed by atoms with Crippen molar-refractivity contribution < 1.29 is 9.59 Å². The number of fused-ring (bicyclic) bond motifs is 1. The van der Waals surface area contributed by atoms with Crippen molar-refractivity contribution in [3.63, 3.8) is 0 Å². The van der Waals surface area contributed by atoms with E-state index in [9.17, 15) is 9.59 Å². The summed E-state index contributed by atoms with van der Waals surface area (Å²) in [5.74, 6) is 1.82. The molecule has 2 aliphatic carbocycles. The number of carbonyl (C=O) groups is 2. The van der Waals surface area contributed by atoms with Crippen molar-refractivity contribution in [3.05, 3.63) is 0 Å². The minimum absolute atomic E-state index is 0.279. The highest BCUT2D eigenvalue weighted by Gasteiger charge is 2.37. The first kappa shape index (κ1) is 9.88. The van der Waals surface area contributed by atoms with Gasteiger partial charge in [-0.2, -0.15) is 0 Å². The molecule has 2 rings (SSSR count). The second kappa shape index (κ2) is 4.24. The average molecular weight is 194 g/mol. The van der Waals surface area contributed by atoms with Crippen LogP contribution < -0.4 is 0 Å². The highest BCUT2D eigenvalue weighted by atomic mass is 16.1. The molecular formula is C12H18O2. The van der Waals surface area contributed by atoms with E-state index < -0.39 is 0 Å². The first-order chi connectivity index (χ1) is 6.85. The molecule has 2 nitrogen and oxygen atoms in total. The fraction of sp³-hybridized carbons (Fsp3) is 0.833. The summed E-state index contributed by atoms with van der Waals surface area (Å²) >= 11 is 0. The molecule has 4 unspecified atom stereocenters. The normalized spacial score (nSPS) is 42.6. The Kier molecular flexibility index (Phi) is 2.99. The third-order valence-electron chi connectivity index (χ3n) is 4.11. The van der Waals surface area contributed by atoms with Crippen LogP contribution in [0.3, 0.4) is 0 Å². The van der Waals surface area contributed by atoms with E-state index in [0.29, 0.717) is 17.8 Å². The molecule has 0 spiro atoms. The Morgan fingerprint density at radius 2 is 1.79 bits per heavy atom. The maximum atomic E-state index is 10.9. The Hall–Kier alpha value is -0.660. The molecule has 0 N–H and O–H groups in total. The van der Waals surface area contributed by atoms with Gasteiger partial charge < -0.3 is 9.59 Å². The van der Waals surface area contributed by atoms with Gasteiger partial charge in [-0.05, 0) is 37.5 Å². The summed E-state index contributed by atoms with van der Waals surface area (Å²) in [6, 6.07) is 0. The number of carbonyl (C=O) groups excluding carboxylic acids is 2. The molecule has 0 aromatic heterocycles. The van der Waals surface area contributed by atoms with Crippen LogP contribution in [0.5, 0.6) is 0 Å². The second-order valence-electron chi connectivity index (χ2n) is 4.86.